The first-order valence-corrected chi connectivity index (χ1v) is 13.3. The van der Waals surface area contributed by atoms with E-state index in [4.69, 9.17) is 11.6 Å². The number of para-hydroxylation sites is 1. The number of nitrogens with one attached hydrogen (secondary N) is 2. The molecule has 0 aliphatic carbocycles. The Morgan fingerprint density at radius 2 is 1.57 bits per heavy atom. The lowest BCUT2D eigenvalue weighted by Gasteiger charge is -2.13. The molecule has 37 heavy (non-hydrogen) atoms. The Hall–Kier alpha value is -3.62. The maximum absolute atomic E-state index is 13.2. The number of aromatic nitrogens is 2. The molecule has 0 spiro atoms. The fraction of sp³-hybridized carbons (Fsp3) is 0.214. The second-order valence-corrected chi connectivity index (χ2v) is 9.81. The lowest BCUT2D eigenvalue weighted by atomic mass is 10.2. The lowest BCUT2D eigenvalue weighted by molar-refractivity contribution is -0.121. The number of hydrogen-bond donors (Lipinski definition) is 2. The molecule has 1 aromatic heterocycles. The SMILES string of the molecule is O=C(CCCn1c(SCC(=O)NCc2ccccc2)nc2ccccc2c1=O)NCc1cccc(Cl)c1. The van der Waals surface area contributed by atoms with Gasteiger partial charge in [-0.25, -0.2) is 4.98 Å². The molecule has 0 aliphatic rings. The Balaban J connectivity index is 1.37. The van der Waals surface area contributed by atoms with Gasteiger partial charge in [0, 0.05) is 31.1 Å². The maximum Gasteiger partial charge on any atom is 0.262 e. The second-order valence-electron chi connectivity index (χ2n) is 8.43. The molecule has 0 fully saturated rings. The fourth-order valence-electron chi connectivity index (χ4n) is 3.77. The number of carbonyl (C=O) groups is 2. The highest BCUT2D eigenvalue weighted by Crippen LogP contribution is 2.18. The third-order valence-electron chi connectivity index (χ3n) is 5.66. The lowest BCUT2D eigenvalue weighted by Crippen LogP contribution is -2.27. The van der Waals surface area contributed by atoms with E-state index in [0.29, 0.717) is 47.1 Å². The predicted octanol–water partition coefficient (Wildman–Crippen LogP) is 4.56. The van der Waals surface area contributed by atoms with Crippen LogP contribution >= 0.6 is 23.4 Å². The summed E-state index contributed by atoms with van der Waals surface area (Å²) in [4.78, 5) is 42.7. The van der Waals surface area contributed by atoms with Gasteiger partial charge in [-0.15, -0.1) is 0 Å². The van der Waals surface area contributed by atoms with Crippen LogP contribution in [-0.2, 0) is 29.2 Å². The number of nitrogens with zero attached hydrogens (tertiary/aromatic N) is 2. The number of carbonyl (C=O) groups excluding carboxylic acids is 2. The number of amides is 2. The summed E-state index contributed by atoms with van der Waals surface area (Å²) in [5.41, 5.74) is 2.32. The van der Waals surface area contributed by atoms with Crippen LogP contribution in [0.2, 0.25) is 5.02 Å². The Bertz CT molecular complexity index is 1440. The van der Waals surface area contributed by atoms with Crippen molar-refractivity contribution in [3.8, 4) is 0 Å². The van der Waals surface area contributed by atoms with Crippen molar-refractivity contribution in [3.63, 3.8) is 0 Å². The highest BCUT2D eigenvalue weighted by Gasteiger charge is 2.14. The number of fused-ring (bicyclic) bond motifs is 1. The molecule has 4 aromatic rings. The molecule has 190 valence electrons. The molecule has 3 aromatic carbocycles. The summed E-state index contributed by atoms with van der Waals surface area (Å²) in [7, 11) is 0. The molecule has 0 bridgehead atoms. The minimum Gasteiger partial charge on any atom is -0.352 e. The summed E-state index contributed by atoms with van der Waals surface area (Å²) in [6.07, 6.45) is 0.705. The van der Waals surface area contributed by atoms with Gasteiger partial charge in [0.05, 0.1) is 16.7 Å². The van der Waals surface area contributed by atoms with E-state index in [1.807, 2.05) is 54.6 Å². The van der Waals surface area contributed by atoms with E-state index in [1.165, 1.54) is 11.8 Å². The van der Waals surface area contributed by atoms with Gasteiger partial charge >= 0.3 is 0 Å². The average Bonchev–Trinajstić information content (AvgIpc) is 2.91. The number of hydrogen-bond acceptors (Lipinski definition) is 5. The van der Waals surface area contributed by atoms with Gasteiger partial charge in [-0.05, 0) is 41.8 Å². The molecule has 1 heterocycles. The largest absolute Gasteiger partial charge is 0.352 e. The van der Waals surface area contributed by atoms with Crippen molar-refractivity contribution in [2.45, 2.75) is 37.6 Å². The van der Waals surface area contributed by atoms with E-state index in [0.717, 1.165) is 11.1 Å². The second kappa shape index (κ2) is 13.1. The fourth-order valence-corrected chi connectivity index (χ4v) is 4.83. The van der Waals surface area contributed by atoms with Gasteiger partial charge in [0.1, 0.15) is 0 Å². The van der Waals surface area contributed by atoms with E-state index in [1.54, 1.807) is 28.8 Å². The zero-order chi connectivity index (χ0) is 26.0. The van der Waals surface area contributed by atoms with Crippen LogP contribution in [-0.4, -0.2) is 27.1 Å². The van der Waals surface area contributed by atoms with Gasteiger partial charge in [-0.3, -0.25) is 19.0 Å². The molecule has 0 unspecified atom stereocenters. The Morgan fingerprint density at radius 3 is 2.38 bits per heavy atom. The van der Waals surface area contributed by atoms with Crippen LogP contribution in [0, 0.1) is 0 Å². The molecule has 0 aliphatic heterocycles. The Morgan fingerprint density at radius 1 is 0.865 bits per heavy atom. The predicted molar refractivity (Wildman–Crippen MR) is 148 cm³/mol. The standard InChI is InChI=1S/C28H27ClN4O3S/c29-22-11-6-10-21(16-22)18-30-25(34)14-7-15-33-27(36)23-12-4-5-13-24(23)32-28(33)37-19-26(35)31-17-20-8-2-1-3-9-20/h1-6,8-13,16H,7,14-15,17-19H2,(H,30,34)(H,31,35). The van der Waals surface area contributed by atoms with Crippen molar-refractivity contribution in [2.24, 2.45) is 0 Å². The monoisotopic (exact) mass is 534 g/mol. The van der Waals surface area contributed by atoms with E-state index in [2.05, 4.69) is 15.6 Å². The van der Waals surface area contributed by atoms with E-state index < -0.39 is 0 Å². The topological polar surface area (TPSA) is 93.1 Å². The highest BCUT2D eigenvalue weighted by atomic mass is 35.5. The van der Waals surface area contributed by atoms with Gasteiger partial charge in [-0.2, -0.15) is 0 Å². The van der Waals surface area contributed by atoms with Gasteiger partial charge in [-0.1, -0.05) is 78.0 Å². The van der Waals surface area contributed by atoms with E-state index >= 15 is 0 Å². The smallest absolute Gasteiger partial charge is 0.262 e. The van der Waals surface area contributed by atoms with Gasteiger partial charge in [0.25, 0.3) is 5.56 Å². The van der Waals surface area contributed by atoms with Crippen molar-refractivity contribution in [1.29, 1.82) is 0 Å². The van der Waals surface area contributed by atoms with Crippen molar-refractivity contribution in [1.82, 2.24) is 20.2 Å². The first-order valence-electron chi connectivity index (χ1n) is 11.9. The Labute approximate surface area is 224 Å². The first kappa shape index (κ1) is 26.4. The molecule has 2 N–H and O–H groups in total. The summed E-state index contributed by atoms with van der Waals surface area (Å²) in [5.74, 6) is -0.142. The highest BCUT2D eigenvalue weighted by molar-refractivity contribution is 7.99. The average molecular weight is 535 g/mol. The minimum atomic E-state index is -0.183. The van der Waals surface area contributed by atoms with Gasteiger partial charge in [0.15, 0.2) is 5.16 Å². The molecular formula is C28H27ClN4O3S. The third kappa shape index (κ3) is 7.68. The maximum atomic E-state index is 13.2. The molecule has 2 amide bonds. The van der Waals surface area contributed by atoms with E-state index in [-0.39, 0.29) is 29.5 Å². The summed E-state index contributed by atoms with van der Waals surface area (Å²) >= 11 is 7.21. The number of halogens is 1. The first-order chi connectivity index (χ1) is 18.0. The molecular weight excluding hydrogens is 508 g/mol. The van der Waals surface area contributed by atoms with E-state index in [9.17, 15) is 14.4 Å². The zero-order valence-electron chi connectivity index (χ0n) is 20.2. The zero-order valence-corrected chi connectivity index (χ0v) is 21.7. The van der Waals surface area contributed by atoms with Crippen LogP contribution in [0.1, 0.15) is 24.0 Å². The molecule has 7 nitrogen and oxygen atoms in total. The van der Waals surface area contributed by atoms with Gasteiger partial charge < -0.3 is 10.6 Å². The van der Waals surface area contributed by atoms with Crippen molar-refractivity contribution in [2.75, 3.05) is 5.75 Å². The van der Waals surface area contributed by atoms with Crippen LogP contribution in [0.3, 0.4) is 0 Å². The van der Waals surface area contributed by atoms with Crippen molar-refractivity contribution in [3.05, 3.63) is 105 Å². The van der Waals surface area contributed by atoms with Crippen molar-refractivity contribution < 1.29 is 9.59 Å². The molecule has 0 saturated carbocycles. The number of rotatable bonds is 11. The summed E-state index contributed by atoms with van der Waals surface area (Å²) in [6.45, 7) is 1.13. The normalized spacial score (nSPS) is 10.8. The Kier molecular flexibility index (Phi) is 9.35. The molecule has 9 heteroatoms. The van der Waals surface area contributed by atoms with Crippen LogP contribution in [0.25, 0.3) is 10.9 Å². The number of benzene rings is 3. The molecule has 0 radical (unpaired) electrons. The molecule has 4 rings (SSSR count). The quantitative estimate of drug-likeness (QED) is 0.217. The third-order valence-corrected chi connectivity index (χ3v) is 6.87. The minimum absolute atomic E-state index is 0.115. The van der Waals surface area contributed by atoms with Gasteiger partial charge in [0.2, 0.25) is 11.8 Å². The molecule has 0 atom stereocenters. The van der Waals surface area contributed by atoms with Crippen molar-refractivity contribution >= 4 is 46.1 Å². The molecule has 0 saturated heterocycles. The summed E-state index contributed by atoms with van der Waals surface area (Å²) < 4.78 is 1.56. The summed E-state index contributed by atoms with van der Waals surface area (Å²) in [6, 6.07) is 24.1. The van der Waals surface area contributed by atoms with Crippen LogP contribution < -0.4 is 16.2 Å². The van der Waals surface area contributed by atoms with Crippen LogP contribution in [0.4, 0.5) is 0 Å². The van der Waals surface area contributed by atoms with Crippen LogP contribution in [0.5, 0.6) is 0 Å². The van der Waals surface area contributed by atoms with Crippen LogP contribution in [0.15, 0.2) is 88.8 Å². The summed E-state index contributed by atoms with van der Waals surface area (Å²) in [5, 5.41) is 7.35. The number of thioether (sulfide) groups is 1.